The zero-order chi connectivity index (χ0) is 16.1. The minimum atomic E-state index is -0.233. The molecule has 1 aliphatic rings. The normalized spacial score (nSPS) is 16.2. The smallest absolute Gasteiger partial charge is 0.319 e. The predicted molar refractivity (Wildman–Crippen MR) is 90.7 cm³/mol. The number of nitrogens with one attached hydrogen (secondary N) is 2. The number of likely N-dealkylation sites (tertiary alicyclic amines) is 1. The van der Waals surface area contributed by atoms with Gasteiger partial charge in [0.15, 0.2) is 0 Å². The summed E-state index contributed by atoms with van der Waals surface area (Å²) in [7, 11) is 0. The molecule has 2 aromatic rings. The quantitative estimate of drug-likeness (QED) is 0.872. The first kappa shape index (κ1) is 15.9. The molecule has 5 nitrogen and oxygen atoms in total. The Labute approximate surface area is 140 Å². The van der Waals surface area contributed by atoms with Crippen molar-refractivity contribution in [3.8, 4) is 0 Å². The van der Waals surface area contributed by atoms with E-state index in [4.69, 9.17) is 16.0 Å². The molecule has 1 aromatic carbocycles. The van der Waals surface area contributed by atoms with E-state index in [0.29, 0.717) is 17.3 Å². The molecule has 1 saturated heterocycles. The van der Waals surface area contributed by atoms with Crippen molar-refractivity contribution >= 4 is 23.3 Å². The van der Waals surface area contributed by atoms with Crippen molar-refractivity contribution in [1.82, 2.24) is 10.2 Å². The summed E-state index contributed by atoms with van der Waals surface area (Å²) in [6.07, 6.45) is 4.05. The van der Waals surface area contributed by atoms with Crippen molar-refractivity contribution in [3.63, 3.8) is 0 Å². The van der Waals surface area contributed by atoms with Gasteiger partial charge in [-0.15, -0.1) is 0 Å². The maximum absolute atomic E-state index is 12.1. The van der Waals surface area contributed by atoms with Crippen molar-refractivity contribution < 1.29 is 9.21 Å². The standard InChI is InChI=1S/C17H20ClN3O2/c18-13-5-7-14(8-6-13)20-17(22)19-12-15(16-4-3-11-23-16)21-9-1-2-10-21/h3-8,11,15H,1-2,9-10,12H2,(H2,19,20,22)/t15-/m1/s1. The van der Waals surface area contributed by atoms with E-state index < -0.39 is 0 Å². The van der Waals surface area contributed by atoms with E-state index in [1.54, 1.807) is 30.5 Å². The largest absolute Gasteiger partial charge is 0.468 e. The van der Waals surface area contributed by atoms with Gasteiger partial charge in [0.2, 0.25) is 0 Å². The molecule has 2 N–H and O–H groups in total. The van der Waals surface area contributed by atoms with E-state index in [-0.39, 0.29) is 12.1 Å². The van der Waals surface area contributed by atoms with Crippen molar-refractivity contribution in [2.24, 2.45) is 0 Å². The van der Waals surface area contributed by atoms with E-state index in [1.165, 1.54) is 12.8 Å². The van der Waals surface area contributed by atoms with Gasteiger partial charge < -0.3 is 15.1 Å². The van der Waals surface area contributed by atoms with Crippen molar-refractivity contribution in [3.05, 3.63) is 53.4 Å². The Morgan fingerprint density at radius 2 is 1.96 bits per heavy atom. The van der Waals surface area contributed by atoms with Gasteiger partial charge in [-0.2, -0.15) is 0 Å². The topological polar surface area (TPSA) is 57.5 Å². The summed E-state index contributed by atoms with van der Waals surface area (Å²) in [5.41, 5.74) is 0.711. The van der Waals surface area contributed by atoms with Crippen LogP contribution in [0.5, 0.6) is 0 Å². The van der Waals surface area contributed by atoms with E-state index in [9.17, 15) is 4.79 Å². The molecule has 2 heterocycles. The Bertz CT molecular complexity index is 622. The second kappa shape index (κ2) is 7.53. The number of halogens is 1. The first-order chi connectivity index (χ1) is 11.2. The lowest BCUT2D eigenvalue weighted by molar-refractivity contribution is 0.207. The lowest BCUT2D eigenvalue weighted by Gasteiger charge is -2.26. The number of hydrogen-bond acceptors (Lipinski definition) is 3. The van der Waals surface area contributed by atoms with Crippen LogP contribution in [0.15, 0.2) is 47.1 Å². The maximum Gasteiger partial charge on any atom is 0.319 e. The molecule has 3 rings (SSSR count). The number of anilines is 1. The van der Waals surface area contributed by atoms with Crippen LogP contribution in [0.4, 0.5) is 10.5 Å². The summed E-state index contributed by atoms with van der Waals surface area (Å²) in [4.78, 5) is 14.4. The van der Waals surface area contributed by atoms with E-state index >= 15 is 0 Å². The third-order valence-electron chi connectivity index (χ3n) is 4.01. The highest BCUT2D eigenvalue weighted by Gasteiger charge is 2.25. The highest BCUT2D eigenvalue weighted by molar-refractivity contribution is 6.30. The van der Waals surface area contributed by atoms with Crippen LogP contribution < -0.4 is 10.6 Å². The zero-order valence-corrected chi connectivity index (χ0v) is 13.6. The summed E-state index contributed by atoms with van der Waals surface area (Å²) in [5.74, 6) is 0.888. The molecule has 6 heteroatoms. The number of rotatable bonds is 5. The molecule has 1 aliphatic heterocycles. The molecule has 1 atom stereocenters. The molecule has 1 aromatic heterocycles. The average molecular weight is 334 g/mol. The van der Waals surface area contributed by atoms with Crippen LogP contribution in [0.25, 0.3) is 0 Å². The minimum absolute atomic E-state index is 0.0727. The first-order valence-corrected chi connectivity index (χ1v) is 8.18. The van der Waals surface area contributed by atoms with Gasteiger partial charge in [0, 0.05) is 17.3 Å². The fourth-order valence-electron chi connectivity index (χ4n) is 2.84. The molecule has 0 aliphatic carbocycles. The van der Waals surface area contributed by atoms with Crippen LogP contribution >= 0.6 is 11.6 Å². The molecule has 0 saturated carbocycles. The molecule has 0 spiro atoms. The second-order valence-corrected chi connectivity index (χ2v) is 6.05. The van der Waals surface area contributed by atoms with Gasteiger partial charge in [-0.3, -0.25) is 4.90 Å². The predicted octanol–water partition coefficient (Wildman–Crippen LogP) is 3.89. The third kappa shape index (κ3) is 4.27. The van der Waals surface area contributed by atoms with Gasteiger partial charge in [-0.1, -0.05) is 11.6 Å². The van der Waals surface area contributed by atoms with Gasteiger partial charge in [0.1, 0.15) is 5.76 Å². The average Bonchev–Trinajstić information content (AvgIpc) is 3.24. The molecule has 0 bridgehead atoms. The Balaban J connectivity index is 1.57. The molecule has 23 heavy (non-hydrogen) atoms. The van der Waals surface area contributed by atoms with Gasteiger partial charge >= 0.3 is 6.03 Å². The SMILES string of the molecule is O=C(NC[C@H](c1ccco1)N1CCCC1)Nc1ccc(Cl)cc1. The number of benzene rings is 1. The Morgan fingerprint density at radius 1 is 1.22 bits per heavy atom. The summed E-state index contributed by atoms with van der Waals surface area (Å²) in [5, 5.41) is 6.37. The Kier molecular flexibility index (Phi) is 5.20. The van der Waals surface area contributed by atoms with Crippen LogP contribution in [0, 0.1) is 0 Å². The molecule has 122 valence electrons. The highest BCUT2D eigenvalue weighted by atomic mass is 35.5. The van der Waals surface area contributed by atoms with Crippen LogP contribution in [-0.4, -0.2) is 30.6 Å². The number of furan rings is 1. The summed E-state index contributed by atoms with van der Waals surface area (Å²) >= 11 is 5.84. The first-order valence-electron chi connectivity index (χ1n) is 7.80. The van der Waals surface area contributed by atoms with E-state index in [0.717, 1.165) is 18.8 Å². The second-order valence-electron chi connectivity index (χ2n) is 5.62. The molecular formula is C17H20ClN3O2. The van der Waals surface area contributed by atoms with Crippen molar-refractivity contribution in [2.75, 3.05) is 25.0 Å². The van der Waals surface area contributed by atoms with Crippen molar-refractivity contribution in [1.29, 1.82) is 0 Å². The summed E-state index contributed by atoms with van der Waals surface area (Å²) in [6, 6.07) is 10.7. The Morgan fingerprint density at radius 3 is 2.61 bits per heavy atom. The summed E-state index contributed by atoms with van der Waals surface area (Å²) in [6.45, 7) is 2.57. The van der Waals surface area contributed by atoms with Crippen LogP contribution in [0.3, 0.4) is 0 Å². The number of carbonyl (C=O) groups is 1. The third-order valence-corrected chi connectivity index (χ3v) is 4.26. The number of urea groups is 1. The number of amides is 2. The fraction of sp³-hybridized carbons (Fsp3) is 0.353. The van der Waals surface area contributed by atoms with Gasteiger partial charge in [-0.25, -0.2) is 4.79 Å². The number of hydrogen-bond donors (Lipinski definition) is 2. The maximum atomic E-state index is 12.1. The number of nitrogens with zero attached hydrogens (tertiary/aromatic N) is 1. The minimum Gasteiger partial charge on any atom is -0.468 e. The summed E-state index contributed by atoms with van der Waals surface area (Å²) < 4.78 is 5.54. The molecule has 2 amide bonds. The fourth-order valence-corrected chi connectivity index (χ4v) is 2.97. The lowest BCUT2D eigenvalue weighted by atomic mass is 10.2. The van der Waals surface area contributed by atoms with Crippen molar-refractivity contribution in [2.45, 2.75) is 18.9 Å². The molecule has 1 fully saturated rings. The van der Waals surface area contributed by atoms with Crippen LogP contribution in [0.1, 0.15) is 24.6 Å². The molecular weight excluding hydrogens is 314 g/mol. The zero-order valence-electron chi connectivity index (χ0n) is 12.8. The van der Waals surface area contributed by atoms with Gasteiger partial charge in [0.25, 0.3) is 0 Å². The molecule has 0 radical (unpaired) electrons. The molecule has 0 unspecified atom stereocenters. The van der Waals surface area contributed by atoms with E-state index in [1.807, 2.05) is 12.1 Å². The Hall–Kier alpha value is -1.98. The number of carbonyl (C=O) groups excluding carboxylic acids is 1. The van der Waals surface area contributed by atoms with E-state index in [2.05, 4.69) is 15.5 Å². The van der Waals surface area contributed by atoms with Crippen LogP contribution in [-0.2, 0) is 0 Å². The lowest BCUT2D eigenvalue weighted by Crippen LogP contribution is -2.38. The van der Waals surface area contributed by atoms with Crippen LogP contribution in [0.2, 0.25) is 5.02 Å². The monoisotopic (exact) mass is 333 g/mol. The van der Waals surface area contributed by atoms with Gasteiger partial charge in [0.05, 0.1) is 12.3 Å². The van der Waals surface area contributed by atoms with Gasteiger partial charge in [-0.05, 0) is 62.3 Å². The highest BCUT2D eigenvalue weighted by Crippen LogP contribution is 2.24.